The van der Waals surface area contributed by atoms with Gasteiger partial charge >= 0.3 is 12.0 Å². The Kier molecular flexibility index (Phi) is 8.07. The Morgan fingerprint density at radius 2 is 2.00 bits per heavy atom. The number of aliphatic hydroxyl groups is 1. The highest BCUT2D eigenvalue weighted by atomic mass is 16.4. The second kappa shape index (κ2) is 9.57. The minimum atomic E-state index is -0.978. The number of carboxylic acids is 1. The molecule has 0 bridgehead atoms. The average molecular weight is 301 g/mol. The van der Waals surface area contributed by atoms with E-state index in [1.54, 1.807) is 4.90 Å². The molecule has 0 spiro atoms. The van der Waals surface area contributed by atoms with Gasteiger partial charge in [0.05, 0.1) is 6.61 Å². The van der Waals surface area contributed by atoms with Crippen molar-refractivity contribution in [3.63, 3.8) is 0 Å². The maximum Gasteiger partial charge on any atom is 0.326 e. The van der Waals surface area contributed by atoms with Gasteiger partial charge < -0.3 is 20.4 Å². The van der Waals surface area contributed by atoms with E-state index < -0.39 is 12.0 Å². The lowest BCUT2D eigenvalue weighted by atomic mass is 10.1. The zero-order chi connectivity index (χ0) is 15.7. The van der Waals surface area contributed by atoms with Crippen LogP contribution in [0.3, 0.4) is 0 Å². The molecule has 7 nitrogen and oxygen atoms in total. The number of hydrogen-bond donors (Lipinski definition) is 3. The summed E-state index contributed by atoms with van der Waals surface area (Å²) in [5, 5.41) is 20.7. The van der Waals surface area contributed by atoms with Crippen molar-refractivity contribution in [1.29, 1.82) is 0 Å². The second-order valence-corrected chi connectivity index (χ2v) is 5.39. The fraction of sp³-hybridized carbons (Fsp3) is 0.857. The Morgan fingerprint density at radius 3 is 2.62 bits per heavy atom. The van der Waals surface area contributed by atoms with E-state index in [1.807, 2.05) is 6.92 Å². The summed E-state index contributed by atoms with van der Waals surface area (Å²) < 4.78 is 0. The Hall–Kier alpha value is -1.34. The molecule has 0 saturated carbocycles. The van der Waals surface area contributed by atoms with Gasteiger partial charge in [-0.1, -0.05) is 19.8 Å². The Bertz CT molecular complexity index is 338. The molecule has 3 N–H and O–H groups in total. The number of β-amino-alcohol motifs (C(OH)–C–C–N with tert-alkyl or cyclic N) is 1. The first kappa shape index (κ1) is 17.7. The topological polar surface area (TPSA) is 93.1 Å². The predicted octanol–water partition coefficient (Wildman–Crippen LogP) is 0.339. The van der Waals surface area contributed by atoms with Crippen LogP contribution in [0.15, 0.2) is 0 Å². The zero-order valence-electron chi connectivity index (χ0n) is 12.8. The second-order valence-electron chi connectivity index (χ2n) is 5.39. The predicted molar refractivity (Wildman–Crippen MR) is 79.2 cm³/mol. The number of hydrogen-bond acceptors (Lipinski definition) is 4. The van der Waals surface area contributed by atoms with Crippen LogP contribution in [0.25, 0.3) is 0 Å². The zero-order valence-corrected chi connectivity index (χ0v) is 12.8. The van der Waals surface area contributed by atoms with Crippen LogP contribution in [0.2, 0.25) is 0 Å². The van der Waals surface area contributed by atoms with E-state index in [0.29, 0.717) is 32.6 Å². The highest BCUT2D eigenvalue weighted by molar-refractivity contribution is 5.82. The Labute approximate surface area is 125 Å². The van der Waals surface area contributed by atoms with Gasteiger partial charge in [-0.25, -0.2) is 9.59 Å². The molecule has 122 valence electrons. The SMILES string of the molecule is CCCCC(NC(=O)N1CCCN(CCO)CC1)C(=O)O. The van der Waals surface area contributed by atoms with Crippen molar-refractivity contribution < 1.29 is 19.8 Å². The molecule has 0 aromatic heterocycles. The van der Waals surface area contributed by atoms with Crippen LogP contribution >= 0.6 is 0 Å². The minimum absolute atomic E-state index is 0.115. The summed E-state index contributed by atoms with van der Waals surface area (Å²) in [6.07, 6.45) is 2.98. The molecule has 0 aromatic carbocycles. The van der Waals surface area contributed by atoms with Crippen molar-refractivity contribution in [3.8, 4) is 0 Å². The van der Waals surface area contributed by atoms with Crippen molar-refractivity contribution >= 4 is 12.0 Å². The number of carboxylic acid groups (broad SMARTS) is 1. The number of carbonyl (C=O) groups excluding carboxylic acids is 1. The van der Waals surface area contributed by atoms with Crippen molar-refractivity contribution in [1.82, 2.24) is 15.1 Å². The van der Waals surface area contributed by atoms with E-state index in [0.717, 1.165) is 25.8 Å². The van der Waals surface area contributed by atoms with Crippen molar-refractivity contribution in [3.05, 3.63) is 0 Å². The molecule has 1 aliphatic heterocycles. The minimum Gasteiger partial charge on any atom is -0.480 e. The standard InChI is InChI=1S/C14H27N3O4/c1-2-3-5-12(13(19)20)15-14(21)17-7-4-6-16(8-9-17)10-11-18/h12,18H,2-11H2,1H3,(H,15,21)(H,19,20). The summed E-state index contributed by atoms with van der Waals surface area (Å²) in [6, 6.07) is -1.11. The fourth-order valence-corrected chi connectivity index (χ4v) is 2.45. The first-order valence-electron chi connectivity index (χ1n) is 7.70. The Balaban J connectivity index is 2.47. The number of carbonyl (C=O) groups is 2. The van der Waals surface area contributed by atoms with Gasteiger partial charge in [-0.15, -0.1) is 0 Å². The molecule has 1 fully saturated rings. The van der Waals surface area contributed by atoms with Gasteiger partial charge in [-0.05, 0) is 19.4 Å². The molecule has 0 aliphatic carbocycles. The smallest absolute Gasteiger partial charge is 0.326 e. The maximum atomic E-state index is 12.2. The number of nitrogens with one attached hydrogen (secondary N) is 1. The van der Waals surface area contributed by atoms with Gasteiger partial charge in [0.25, 0.3) is 0 Å². The third-order valence-electron chi connectivity index (χ3n) is 3.73. The van der Waals surface area contributed by atoms with Gasteiger partial charge in [0.2, 0.25) is 0 Å². The highest BCUT2D eigenvalue weighted by Gasteiger charge is 2.24. The first-order valence-corrected chi connectivity index (χ1v) is 7.70. The third-order valence-corrected chi connectivity index (χ3v) is 3.73. The van der Waals surface area contributed by atoms with Crippen molar-refractivity contribution in [2.75, 3.05) is 39.3 Å². The van der Waals surface area contributed by atoms with Gasteiger partial charge in [0.15, 0.2) is 0 Å². The molecule has 7 heteroatoms. The van der Waals surface area contributed by atoms with E-state index in [-0.39, 0.29) is 12.6 Å². The Morgan fingerprint density at radius 1 is 1.24 bits per heavy atom. The molecule has 2 amide bonds. The summed E-state index contributed by atoms with van der Waals surface area (Å²) in [6.45, 7) is 5.46. The van der Waals surface area contributed by atoms with Crippen LogP contribution < -0.4 is 5.32 Å². The van der Waals surface area contributed by atoms with E-state index in [2.05, 4.69) is 10.2 Å². The molecule has 1 atom stereocenters. The summed E-state index contributed by atoms with van der Waals surface area (Å²) >= 11 is 0. The molecule has 0 radical (unpaired) electrons. The van der Waals surface area contributed by atoms with Gasteiger partial charge in [0.1, 0.15) is 6.04 Å². The highest BCUT2D eigenvalue weighted by Crippen LogP contribution is 2.06. The monoisotopic (exact) mass is 301 g/mol. The van der Waals surface area contributed by atoms with Crippen LogP contribution in [0, 0.1) is 0 Å². The summed E-state index contributed by atoms with van der Waals surface area (Å²) in [4.78, 5) is 27.1. The summed E-state index contributed by atoms with van der Waals surface area (Å²) in [5.41, 5.74) is 0. The van der Waals surface area contributed by atoms with Gasteiger partial charge in [0, 0.05) is 26.2 Å². The number of unbranched alkanes of at least 4 members (excludes halogenated alkanes) is 1. The van der Waals surface area contributed by atoms with Crippen molar-refractivity contribution in [2.45, 2.75) is 38.6 Å². The number of nitrogens with zero attached hydrogens (tertiary/aromatic N) is 2. The molecule has 21 heavy (non-hydrogen) atoms. The van der Waals surface area contributed by atoms with E-state index in [9.17, 15) is 9.59 Å². The summed E-state index contributed by atoms with van der Waals surface area (Å²) in [7, 11) is 0. The molecule has 1 saturated heterocycles. The molecule has 1 heterocycles. The molecule has 1 unspecified atom stereocenters. The number of rotatable bonds is 7. The normalized spacial score (nSPS) is 18.1. The molecule has 1 rings (SSSR count). The van der Waals surface area contributed by atoms with Crippen LogP contribution in [-0.4, -0.2) is 77.4 Å². The first-order chi connectivity index (χ1) is 10.1. The lowest BCUT2D eigenvalue weighted by molar-refractivity contribution is -0.139. The van der Waals surface area contributed by atoms with E-state index in [1.165, 1.54) is 0 Å². The van der Waals surface area contributed by atoms with Crippen LogP contribution in [0.5, 0.6) is 0 Å². The number of aliphatic hydroxyl groups excluding tert-OH is 1. The summed E-state index contributed by atoms with van der Waals surface area (Å²) in [5.74, 6) is -0.978. The lowest BCUT2D eigenvalue weighted by Gasteiger charge is -2.24. The number of amides is 2. The lowest BCUT2D eigenvalue weighted by Crippen LogP contribution is -2.49. The number of urea groups is 1. The van der Waals surface area contributed by atoms with Crippen molar-refractivity contribution in [2.24, 2.45) is 0 Å². The molecular weight excluding hydrogens is 274 g/mol. The van der Waals surface area contributed by atoms with Crippen LogP contribution in [0.4, 0.5) is 4.79 Å². The van der Waals surface area contributed by atoms with E-state index >= 15 is 0 Å². The molecule has 1 aliphatic rings. The number of aliphatic carboxylic acids is 1. The molecule has 0 aromatic rings. The molecular formula is C14H27N3O4. The average Bonchev–Trinajstić information content (AvgIpc) is 2.69. The third kappa shape index (κ3) is 6.31. The fourth-order valence-electron chi connectivity index (χ4n) is 2.45. The largest absolute Gasteiger partial charge is 0.480 e. The van der Waals surface area contributed by atoms with Gasteiger partial charge in [-0.3, -0.25) is 4.90 Å². The van der Waals surface area contributed by atoms with E-state index in [4.69, 9.17) is 10.2 Å². The van der Waals surface area contributed by atoms with Crippen LogP contribution in [-0.2, 0) is 4.79 Å². The quantitative estimate of drug-likeness (QED) is 0.630. The van der Waals surface area contributed by atoms with Crippen LogP contribution in [0.1, 0.15) is 32.6 Å². The maximum absolute atomic E-state index is 12.2. The van der Waals surface area contributed by atoms with Gasteiger partial charge in [-0.2, -0.15) is 0 Å².